The van der Waals surface area contributed by atoms with Crippen LogP contribution in [0.1, 0.15) is 31.5 Å². The van der Waals surface area contributed by atoms with E-state index in [0.717, 1.165) is 10.0 Å². The molecule has 5 nitrogen and oxygen atoms in total. The minimum Gasteiger partial charge on any atom is -0.454 e. The van der Waals surface area contributed by atoms with Crippen molar-refractivity contribution in [3.63, 3.8) is 0 Å². The molecule has 2 aromatic rings. The average molecular weight is 402 g/mol. The highest BCUT2D eigenvalue weighted by atomic mass is 79.9. The van der Waals surface area contributed by atoms with Gasteiger partial charge in [-0.3, -0.25) is 4.68 Å². The average Bonchev–Trinajstić information content (AvgIpc) is 3.11. The lowest BCUT2D eigenvalue weighted by molar-refractivity contribution is 0.145. The van der Waals surface area contributed by atoms with E-state index in [2.05, 4.69) is 26.3 Å². The van der Waals surface area contributed by atoms with Crippen molar-refractivity contribution in [1.82, 2.24) is 9.78 Å². The number of aromatic nitrogens is 2. The Morgan fingerprint density at radius 3 is 2.83 bits per heavy atom. The van der Waals surface area contributed by atoms with Gasteiger partial charge in [-0.1, -0.05) is 13.8 Å². The van der Waals surface area contributed by atoms with Crippen LogP contribution in [0.15, 0.2) is 22.8 Å². The number of anilines is 1. The zero-order chi connectivity index (χ0) is 17.3. The van der Waals surface area contributed by atoms with E-state index in [0.29, 0.717) is 36.2 Å². The standard InChI is InChI=1S/C16H18BrF2N3O2/c1-9(2)6-22-7-12(14(21-22)16(18)19)20-5-10-3-11(17)15-13(4-10)23-8-24-15/h3-4,7,9,16,20H,5-6,8H2,1-2H3. The fourth-order valence-electron chi connectivity index (χ4n) is 2.52. The Hall–Kier alpha value is -1.83. The topological polar surface area (TPSA) is 48.3 Å². The van der Waals surface area contributed by atoms with Gasteiger partial charge < -0.3 is 14.8 Å². The van der Waals surface area contributed by atoms with Crippen LogP contribution in [-0.4, -0.2) is 16.6 Å². The molecule has 1 aromatic heterocycles. The molecule has 0 radical (unpaired) electrons. The second-order valence-electron chi connectivity index (χ2n) is 6.01. The van der Waals surface area contributed by atoms with Gasteiger partial charge >= 0.3 is 0 Å². The minimum atomic E-state index is -2.62. The Labute approximate surface area is 147 Å². The Balaban J connectivity index is 1.76. The molecule has 1 N–H and O–H groups in total. The highest BCUT2D eigenvalue weighted by molar-refractivity contribution is 9.10. The molecule has 0 aliphatic carbocycles. The first-order valence-corrected chi connectivity index (χ1v) is 8.40. The lowest BCUT2D eigenvalue weighted by Crippen LogP contribution is -2.05. The predicted octanol–water partition coefficient (Wildman–Crippen LogP) is 4.58. The molecule has 1 aliphatic rings. The normalized spacial score (nSPS) is 13.1. The highest BCUT2D eigenvalue weighted by Crippen LogP contribution is 2.40. The van der Waals surface area contributed by atoms with E-state index in [1.165, 1.54) is 0 Å². The van der Waals surface area contributed by atoms with Gasteiger partial charge in [-0.05, 0) is 39.5 Å². The number of fused-ring (bicyclic) bond motifs is 1. The molecule has 24 heavy (non-hydrogen) atoms. The number of nitrogens with one attached hydrogen (secondary N) is 1. The summed E-state index contributed by atoms with van der Waals surface area (Å²) < 4.78 is 39.4. The highest BCUT2D eigenvalue weighted by Gasteiger charge is 2.20. The molecular weight excluding hydrogens is 384 g/mol. The third kappa shape index (κ3) is 3.63. The van der Waals surface area contributed by atoms with Gasteiger partial charge in [0.05, 0.1) is 10.2 Å². The van der Waals surface area contributed by atoms with Gasteiger partial charge in [-0.2, -0.15) is 5.10 Å². The molecule has 2 heterocycles. The number of hydrogen-bond acceptors (Lipinski definition) is 4. The lowest BCUT2D eigenvalue weighted by Gasteiger charge is -2.08. The lowest BCUT2D eigenvalue weighted by atomic mass is 10.2. The second kappa shape index (κ2) is 6.96. The van der Waals surface area contributed by atoms with Crippen LogP contribution in [0, 0.1) is 5.92 Å². The van der Waals surface area contributed by atoms with Crippen molar-refractivity contribution in [2.24, 2.45) is 5.92 Å². The van der Waals surface area contributed by atoms with E-state index in [9.17, 15) is 8.78 Å². The molecule has 0 saturated heterocycles. The van der Waals surface area contributed by atoms with Gasteiger partial charge in [-0.15, -0.1) is 0 Å². The van der Waals surface area contributed by atoms with E-state index in [-0.39, 0.29) is 12.5 Å². The van der Waals surface area contributed by atoms with E-state index in [4.69, 9.17) is 9.47 Å². The molecule has 0 atom stereocenters. The molecule has 1 aromatic carbocycles. The van der Waals surface area contributed by atoms with Crippen LogP contribution in [0.25, 0.3) is 0 Å². The number of nitrogens with zero attached hydrogens (tertiary/aromatic N) is 2. The zero-order valence-corrected chi connectivity index (χ0v) is 14.9. The summed E-state index contributed by atoms with van der Waals surface area (Å²) in [7, 11) is 0. The van der Waals surface area contributed by atoms with Crippen LogP contribution >= 0.6 is 15.9 Å². The number of halogens is 3. The van der Waals surface area contributed by atoms with Crippen molar-refractivity contribution >= 4 is 21.6 Å². The summed E-state index contributed by atoms with van der Waals surface area (Å²) in [6.07, 6.45) is -0.992. The number of benzene rings is 1. The van der Waals surface area contributed by atoms with Crippen molar-refractivity contribution in [3.8, 4) is 11.5 Å². The molecule has 8 heteroatoms. The number of rotatable bonds is 6. The van der Waals surface area contributed by atoms with Crippen LogP contribution in [0.3, 0.4) is 0 Å². The molecule has 0 saturated carbocycles. The van der Waals surface area contributed by atoms with Gasteiger partial charge in [-0.25, -0.2) is 8.78 Å². The molecule has 0 unspecified atom stereocenters. The van der Waals surface area contributed by atoms with Crippen molar-refractivity contribution in [1.29, 1.82) is 0 Å². The second-order valence-corrected chi connectivity index (χ2v) is 6.86. The molecule has 0 bridgehead atoms. The first-order valence-electron chi connectivity index (χ1n) is 7.61. The van der Waals surface area contributed by atoms with E-state index in [1.807, 2.05) is 26.0 Å². The van der Waals surface area contributed by atoms with Crippen molar-refractivity contribution in [3.05, 3.63) is 34.1 Å². The summed E-state index contributed by atoms with van der Waals surface area (Å²) in [4.78, 5) is 0. The van der Waals surface area contributed by atoms with Crippen molar-refractivity contribution < 1.29 is 18.3 Å². The maximum absolute atomic E-state index is 13.2. The maximum atomic E-state index is 13.2. The number of hydrogen-bond donors (Lipinski definition) is 1. The van der Waals surface area contributed by atoms with Crippen molar-refractivity contribution in [2.75, 3.05) is 12.1 Å². The van der Waals surface area contributed by atoms with Gasteiger partial charge in [0.15, 0.2) is 17.2 Å². The Morgan fingerprint density at radius 2 is 2.12 bits per heavy atom. The smallest absolute Gasteiger partial charge is 0.284 e. The summed E-state index contributed by atoms with van der Waals surface area (Å²) in [6.45, 7) is 5.18. The van der Waals surface area contributed by atoms with Gasteiger partial charge in [0.1, 0.15) is 0 Å². The largest absolute Gasteiger partial charge is 0.454 e. The van der Waals surface area contributed by atoms with Crippen LogP contribution < -0.4 is 14.8 Å². The third-order valence-corrected chi connectivity index (χ3v) is 4.11. The van der Waals surface area contributed by atoms with Gasteiger partial charge in [0.2, 0.25) is 6.79 Å². The van der Waals surface area contributed by atoms with Gasteiger partial charge in [0, 0.05) is 19.3 Å². The Morgan fingerprint density at radius 1 is 1.33 bits per heavy atom. The van der Waals surface area contributed by atoms with Crippen molar-refractivity contribution in [2.45, 2.75) is 33.4 Å². The fourth-order valence-corrected chi connectivity index (χ4v) is 3.13. The molecule has 0 spiro atoms. The molecule has 0 fully saturated rings. The van der Waals surface area contributed by atoms with Crippen LogP contribution in [-0.2, 0) is 13.1 Å². The van der Waals surface area contributed by atoms with Gasteiger partial charge in [0.25, 0.3) is 6.43 Å². The molecule has 3 rings (SSSR count). The van der Waals surface area contributed by atoms with Crippen LogP contribution in [0.4, 0.5) is 14.5 Å². The summed E-state index contributed by atoms with van der Waals surface area (Å²) in [5, 5.41) is 7.03. The first-order chi connectivity index (χ1) is 11.4. The van der Waals surface area contributed by atoms with Crippen LogP contribution in [0.5, 0.6) is 11.5 Å². The van der Waals surface area contributed by atoms with E-state index in [1.54, 1.807) is 10.9 Å². The Bertz CT molecular complexity index is 734. The molecule has 1 aliphatic heterocycles. The third-order valence-electron chi connectivity index (χ3n) is 3.52. The maximum Gasteiger partial charge on any atom is 0.284 e. The van der Waals surface area contributed by atoms with Crippen LogP contribution in [0.2, 0.25) is 0 Å². The summed E-state index contributed by atoms with van der Waals surface area (Å²) in [6, 6.07) is 3.71. The monoisotopic (exact) mass is 401 g/mol. The first kappa shape index (κ1) is 17.0. The Kier molecular flexibility index (Phi) is 4.93. The zero-order valence-electron chi connectivity index (χ0n) is 13.4. The summed E-state index contributed by atoms with van der Waals surface area (Å²) >= 11 is 3.42. The SMILES string of the molecule is CC(C)Cn1cc(NCc2cc(Br)c3c(c2)OCO3)c(C(F)F)n1. The quantitative estimate of drug-likeness (QED) is 0.769. The number of ether oxygens (including phenoxy) is 2. The predicted molar refractivity (Wildman–Crippen MR) is 89.6 cm³/mol. The fraction of sp³-hybridized carbons (Fsp3) is 0.438. The molecule has 0 amide bonds. The van der Waals surface area contributed by atoms with E-state index < -0.39 is 6.43 Å². The molecular formula is C16H18BrF2N3O2. The summed E-state index contributed by atoms with van der Waals surface area (Å²) in [5.41, 5.74) is 1.01. The van der Waals surface area contributed by atoms with E-state index >= 15 is 0 Å². The molecule has 130 valence electrons. The summed E-state index contributed by atoms with van der Waals surface area (Å²) in [5.74, 6) is 1.63. The minimum absolute atomic E-state index is 0.183. The number of alkyl halides is 2.